The molecule has 0 aromatic rings. The first kappa shape index (κ1) is 6.41. The zero-order chi connectivity index (χ0) is 8.18. The smallest absolute Gasteiger partial charge is 0.0509 e. The summed E-state index contributed by atoms with van der Waals surface area (Å²) in [5.41, 5.74) is 3.11. The summed E-state index contributed by atoms with van der Waals surface area (Å²) in [6, 6.07) is 0. The van der Waals surface area contributed by atoms with Crippen molar-refractivity contribution in [3.05, 3.63) is 35.6 Å². The SMILES string of the molecule is CC1=CC=C2N=CC=CC23CC13. The zero-order valence-corrected chi connectivity index (χ0v) is 7.12. The van der Waals surface area contributed by atoms with Crippen LogP contribution in [0, 0.1) is 11.3 Å². The summed E-state index contributed by atoms with van der Waals surface area (Å²) in [4.78, 5) is 4.40. The Morgan fingerprint density at radius 3 is 3.33 bits per heavy atom. The number of hydrogen-bond donors (Lipinski definition) is 0. The molecule has 3 aliphatic rings. The molecule has 12 heavy (non-hydrogen) atoms. The van der Waals surface area contributed by atoms with Crippen LogP contribution in [-0.2, 0) is 0 Å². The number of allylic oxidation sites excluding steroid dienone is 5. The maximum atomic E-state index is 4.40. The first-order chi connectivity index (χ1) is 5.83. The minimum Gasteiger partial charge on any atom is -0.260 e. The van der Waals surface area contributed by atoms with E-state index >= 15 is 0 Å². The van der Waals surface area contributed by atoms with Gasteiger partial charge in [0.1, 0.15) is 0 Å². The van der Waals surface area contributed by atoms with Crippen LogP contribution in [0.25, 0.3) is 0 Å². The first-order valence-corrected chi connectivity index (χ1v) is 4.44. The number of aliphatic imine (C=N–C) groups is 1. The van der Waals surface area contributed by atoms with Crippen LogP contribution in [-0.4, -0.2) is 6.21 Å². The third kappa shape index (κ3) is 0.580. The van der Waals surface area contributed by atoms with Crippen molar-refractivity contribution in [2.45, 2.75) is 13.3 Å². The van der Waals surface area contributed by atoms with E-state index in [-0.39, 0.29) is 0 Å². The number of dihydropyridines is 1. The first-order valence-electron chi connectivity index (χ1n) is 4.44. The molecule has 1 saturated carbocycles. The molecule has 1 aliphatic heterocycles. The van der Waals surface area contributed by atoms with Crippen LogP contribution in [0.3, 0.4) is 0 Å². The average molecular weight is 157 g/mol. The van der Waals surface area contributed by atoms with Gasteiger partial charge < -0.3 is 0 Å². The number of rotatable bonds is 0. The standard InChI is InChI=1S/C11H11N/c1-8-3-4-10-11(7-9(8)11)5-2-6-12-10/h2-6,9H,7H2,1H3. The summed E-state index contributed by atoms with van der Waals surface area (Å²) in [5.74, 6) is 0.756. The van der Waals surface area contributed by atoms with Crippen LogP contribution in [0.5, 0.6) is 0 Å². The second-order valence-electron chi connectivity index (χ2n) is 3.90. The average Bonchev–Trinajstić information content (AvgIpc) is 2.80. The Hall–Kier alpha value is -1.11. The molecule has 3 rings (SSSR count). The van der Waals surface area contributed by atoms with Gasteiger partial charge >= 0.3 is 0 Å². The zero-order valence-electron chi connectivity index (χ0n) is 7.12. The van der Waals surface area contributed by atoms with Crippen LogP contribution in [0.4, 0.5) is 0 Å². The van der Waals surface area contributed by atoms with Crippen molar-refractivity contribution in [1.29, 1.82) is 0 Å². The lowest BCUT2D eigenvalue weighted by molar-refractivity contribution is 0.688. The largest absolute Gasteiger partial charge is 0.260 e. The molecule has 1 heterocycles. The van der Waals surface area contributed by atoms with E-state index in [0.717, 1.165) is 5.92 Å². The Morgan fingerprint density at radius 1 is 1.50 bits per heavy atom. The van der Waals surface area contributed by atoms with Crippen LogP contribution >= 0.6 is 0 Å². The van der Waals surface area contributed by atoms with Gasteiger partial charge in [-0.3, -0.25) is 4.99 Å². The highest BCUT2D eigenvalue weighted by Crippen LogP contribution is 2.64. The van der Waals surface area contributed by atoms with Gasteiger partial charge in [-0.05, 0) is 31.4 Å². The molecule has 0 bridgehead atoms. The molecular weight excluding hydrogens is 146 g/mol. The molecule has 2 unspecified atom stereocenters. The van der Waals surface area contributed by atoms with Gasteiger partial charge in [0, 0.05) is 11.6 Å². The fourth-order valence-electron chi connectivity index (χ4n) is 2.38. The Morgan fingerprint density at radius 2 is 2.42 bits per heavy atom. The highest BCUT2D eigenvalue weighted by molar-refractivity contribution is 5.76. The lowest BCUT2D eigenvalue weighted by Crippen LogP contribution is -2.09. The minimum absolute atomic E-state index is 0.327. The highest BCUT2D eigenvalue weighted by atomic mass is 14.8. The van der Waals surface area contributed by atoms with Gasteiger partial charge in [0.15, 0.2) is 0 Å². The Balaban J connectivity index is 2.16. The summed E-state index contributed by atoms with van der Waals surface area (Å²) in [5, 5.41) is 0. The van der Waals surface area contributed by atoms with Crippen molar-refractivity contribution in [3.8, 4) is 0 Å². The fourth-order valence-corrected chi connectivity index (χ4v) is 2.38. The quantitative estimate of drug-likeness (QED) is 0.512. The van der Waals surface area contributed by atoms with Gasteiger partial charge in [-0.1, -0.05) is 17.7 Å². The van der Waals surface area contributed by atoms with Crippen molar-refractivity contribution < 1.29 is 0 Å². The van der Waals surface area contributed by atoms with E-state index in [2.05, 4.69) is 36.2 Å². The van der Waals surface area contributed by atoms with E-state index in [1.54, 1.807) is 0 Å². The predicted octanol–water partition coefficient (Wildman–Crippen LogP) is 2.48. The third-order valence-corrected chi connectivity index (χ3v) is 3.23. The Labute approximate surface area is 72.2 Å². The number of hydrogen-bond acceptors (Lipinski definition) is 1. The van der Waals surface area contributed by atoms with E-state index in [1.165, 1.54) is 17.7 Å². The van der Waals surface area contributed by atoms with Crippen molar-refractivity contribution in [2.24, 2.45) is 16.3 Å². The molecule has 0 radical (unpaired) electrons. The fraction of sp³-hybridized carbons (Fsp3) is 0.364. The monoisotopic (exact) mass is 157 g/mol. The second kappa shape index (κ2) is 1.79. The van der Waals surface area contributed by atoms with Gasteiger partial charge in [-0.15, -0.1) is 0 Å². The molecule has 2 aliphatic carbocycles. The number of nitrogens with zero attached hydrogens (tertiary/aromatic N) is 1. The predicted molar refractivity (Wildman–Crippen MR) is 50.0 cm³/mol. The summed E-state index contributed by atoms with van der Waals surface area (Å²) >= 11 is 0. The van der Waals surface area contributed by atoms with Gasteiger partial charge in [0.05, 0.1) is 5.70 Å². The van der Waals surface area contributed by atoms with E-state index in [0.29, 0.717) is 5.41 Å². The molecule has 0 aromatic carbocycles. The lowest BCUT2D eigenvalue weighted by Gasteiger charge is -2.19. The van der Waals surface area contributed by atoms with E-state index < -0.39 is 0 Å². The normalized spacial score (nSPS) is 41.2. The molecule has 0 N–H and O–H groups in total. The summed E-state index contributed by atoms with van der Waals surface area (Å²) < 4.78 is 0. The molecule has 1 heteroatoms. The van der Waals surface area contributed by atoms with Gasteiger partial charge in [-0.2, -0.15) is 0 Å². The molecule has 1 fully saturated rings. The van der Waals surface area contributed by atoms with Gasteiger partial charge in [-0.25, -0.2) is 0 Å². The summed E-state index contributed by atoms with van der Waals surface area (Å²) in [6.45, 7) is 2.22. The summed E-state index contributed by atoms with van der Waals surface area (Å²) in [7, 11) is 0. The minimum atomic E-state index is 0.327. The van der Waals surface area contributed by atoms with Crippen LogP contribution in [0.1, 0.15) is 13.3 Å². The van der Waals surface area contributed by atoms with Crippen molar-refractivity contribution >= 4 is 6.21 Å². The second-order valence-corrected chi connectivity index (χ2v) is 3.90. The molecule has 60 valence electrons. The molecule has 1 nitrogen and oxygen atoms in total. The maximum absolute atomic E-state index is 4.40. The molecule has 0 amide bonds. The van der Waals surface area contributed by atoms with E-state index in [1.807, 2.05) is 6.21 Å². The van der Waals surface area contributed by atoms with Gasteiger partial charge in [0.2, 0.25) is 0 Å². The van der Waals surface area contributed by atoms with Crippen LogP contribution in [0.2, 0.25) is 0 Å². The van der Waals surface area contributed by atoms with Crippen molar-refractivity contribution in [2.75, 3.05) is 0 Å². The van der Waals surface area contributed by atoms with Crippen LogP contribution < -0.4 is 0 Å². The van der Waals surface area contributed by atoms with Crippen molar-refractivity contribution in [3.63, 3.8) is 0 Å². The van der Waals surface area contributed by atoms with Crippen molar-refractivity contribution in [1.82, 2.24) is 0 Å². The molecular formula is C11H11N. The van der Waals surface area contributed by atoms with Gasteiger partial charge in [0.25, 0.3) is 0 Å². The molecule has 2 atom stereocenters. The van der Waals surface area contributed by atoms with Crippen LogP contribution in [0.15, 0.2) is 40.6 Å². The third-order valence-electron chi connectivity index (χ3n) is 3.23. The van der Waals surface area contributed by atoms with E-state index in [9.17, 15) is 0 Å². The molecule has 1 spiro atoms. The lowest BCUT2D eigenvalue weighted by atomic mass is 9.90. The Kier molecular flexibility index (Phi) is 0.957. The molecule has 0 aromatic heterocycles. The topological polar surface area (TPSA) is 12.4 Å². The Bertz CT molecular complexity index is 357. The maximum Gasteiger partial charge on any atom is 0.0509 e. The molecule has 0 saturated heterocycles. The summed E-state index contributed by atoms with van der Waals surface area (Å²) in [6.07, 6.45) is 11.9. The highest BCUT2D eigenvalue weighted by Gasteiger charge is 2.57. The van der Waals surface area contributed by atoms with E-state index in [4.69, 9.17) is 0 Å².